The lowest BCUT2D eigenvalue weighted by molar-refractivity contribution is 0.0937. The first kappa shape index (κ1) is 24.0. The maximum atomic E-state index is 12.9. The first-order valence-electron chi connectivity index (χ1n) is 11.4. The number of nitrogens with two attached hydrogens (primary N) is 1. The van der Waals surface area contributed by atoms with Gasteiger partial charge in [-0.1, -0.05) is 6.08 Å². The highest BCUT2D eigenvalue weighted by Crippen LogP contribution is 2.35. The molecule has 1 fully saturated rings. The molecule has 3 aromatic rings. The number of halogens is 2. The summed E-state index contributed by atoms with van der Waals surface area (Å²) in [6, 6.07) is 4.52. The summed E-state index contributed by atoms with van der Waals surface area (Å²) >= 11 is 0.805. The van der Waals surface area contributed by atoms with E-state index in [1.54, 1.807) is 9.42 Å². The van der Waals surface area contributed by atoms with Crippen LogP contribution in [0.2, 0.25) is 0 Å². The van der Waals surface area contributed by atoms with Gasteiger partial charge < -0.3 is 25.6 Å². The van der Waals surface area contributed by atoms with E-state index in [0.29, 0.717) is 31.0 Å². The van der Waals surface area contributed by atoms with E-state index in [1.165, 1.54) is 25.6 Å². The number of rotatable bonds is 5. The molecule has 0 saturated carbocycles. The topological polar surface area (TPSA) is 118 Å². The lowest BCUT2D eigenvalue weighted by Gasteiger charge is -2.34. The molecule has 3 aromatic heterocycles. The van der Waals surface area contributed by atoms with Crippen LogP contribution in [0.5, 0.6) is 0 Å². The highest BCUT2D eigenvalue weighted by Gasteiger charge is 2.29. The molecule has 36 heavy (non-hydrogen) atoms. The van der Waals surface area contributed by atoms with Crippen molar-refractivity contribution in [3.05, 3.63) is 46.1 Å². The smallest absolute Gasteiger partial charge is 0.410 e. The van der Waals surface area contributed by atoms with Gasteiger partial charge in [-0.3, -0.25) is 4.79 Å². The molecule has 1 atom stereocenters. The van der Waals surface area contributed by atoms with E-state index >= 15 is 0 Å². The highest BCUT2D eigenvalue weighted by molar-refractivity contribution is 7.14. The predicted molar refractivity (Wildman–Crippen MR) is 131 cm³/mol. The number of ether oxygens (including phenoxy) is 1. The van der Waals surface area contributed by atoms with E-state index < -0.39 is 12.5 Å². The predicted octanol–water partition coefficient (Wildman–Crippen LogP) is 3.17. The van der Waals surface area contributed by atoms with Crippen molar-refractivity contribution in [3.8, 4) is 0 Å². The molecule has 2 aliphatic heterocycles. The molecule has 3 N–H and O–H groups in total. The van der Waals surface area contributed by atoms with E-state index in [1.807, 2.05) is 12.1 Å². The number of amides is 2. The second-order valence-electron chi connectivity index (χ2n) is 8.66. The molecule has 13 heteroatoms. The van der Waals surface area contributed by atoms with E-state index in [9.17, 15) is 18.4 Å². The number of hydrogen-bond acceptors (Lipinski definition) is 8. The summed E-state index contributed by atoms with van der Waals surface area (Å²) in [7, 11) is 1.35. The van der Waals surface area contributed by atoms with Crippen LogP contribution in [0.15, 0.2) is 30.6 Å². The SMILES string of the molecule is COC(=O)N1CC=C(c2cc(N3CCC[C@@H](NC(=O)c4ccc(C(F)F)s4)C3)c3c(N)ncnn23)C1. The van der Waals surface area contributed by atoms with Crippen LogP contribution in [0, 0.1) is 0 Å². The van der Waals surface area contributed by atoms with Crippen LogP contribution >= 0.6 is 11.3 Å². The number of anilines is 2. The molecule has 0 unspecified atom stereocenters. The fraction of sp³-hybridized carbons (Fsp3) is 0.391. The first-order valence-corrected chi connectivity index (χ1v) is 12.3. The second-order valence-corrected chi connectivity index (χ2v) is 9.78. The van der Waals surface area contributed by atoms with Crippen molar-refractivity contribution in [3.63, 3.8) is 0 Å². The first-order chi connectivity index (χ1) is 17.4. The number of nitrogen functional groups attached to an aromatic ring is 1. The fourth-order valence-electron chi connectivity index (χ4n) is 4.69. The minimum atomic E-state index is -2.60. The number of nitrogens with one attached hydrogen (secondary N) is 1. The van der Waals surface area contributed by atoms with Crippen molar-refractivity contribution in [2.75, 3.05) is 43.9 Å². The van der Waals surface area contributed by atoms with Crippen molar-refractivity contribution >= 4 is 45.9 Å². The zero-order chi connectivity index (χ0) is 25.4. The molecule has 0 spiro atoms. The summed E-state index contributed by atoms with van der Waals surface area (Å²) in [6.45, 7) is 2.06. The molecule has 2 aliphatic rings. The van der Waals surface area contributed by atoms with Gasteiger partial charge in [0.15, 0.2) is 5.82 Å². The third-order valence-electron chi connectivity index (χ3n) is 6.41. The maximum absolute atomic E-state index is 12.9. The largest absolute Gasteiger partial charge is 0.453 e. The molecule has 0 aliphatic carbocycles. The number of fused-ring (bicyclic) bond motifs is 1. The number of carbonyl (C=O) groups is 2. The summed E-state index contributed by atoms with van der Waals surface area (Å²) in [5.41, 5.74) is 9.44. The Kier molecular flexibility index (Phi) is 6.48. The summed E-state index contributed by atoms with van der Waals surface area (Å²) in [4.78, 5) is 32.7. The third-order valence-corrected chi connectivity index (χ3v) is 7.50. The van der Waals surface area contributed by atoms with Crippen molar-refractivity contribution in [2.24, 2.45) is 0 Å². The molecular formula is C23H25F2N7O3S. The number of alkyl halides is 2. The Labute approximate surface area is 209 Å². The highest BCUT2D eigenvalue weighted by atomic mass is 32.1. The molecule has 190 valence electrons. The number of carbonyl (C=O) groups excluding carboxylic acids is 2. The monoisotopic (exact) mass is 517 g/mol. The molecule has 2 amide bonds. The molecule has 0 aromatic carbocycles. The van der Waals surface area contributed by atoms with Crippen LogP contribution in [-0.2, 0) is 4.74 Å². The summed E-state index contributed by atoms with van der Waals surface area (Å²) < 4.78 is 32.4. The molecular weight excluding hydrogens is 492 g/mol. The van der Waals surface area contributed by atoms with Crippen molar-refractivity contribution in [1.29, 1.82) is 0 Å². The van der Waals surface area contributed by atoms with Gasteiger partial charge in [0.2, 0.25) is 0 Å². The van der Waals surface area contributed by atoms with Gasteiger partial charge in [-0.15, -0.1) is 11.3 Å². The number of thiophene rings is 1. The Morgan fingerprint density at radius 1 is 1.33 bits per heavy atom. The normalized spacial score (nSPS) is 18.1. The van der Waals surface area contributed by atoms with E-state index in [-0.39, 0.29) is 21.7 Å². The van der Waals surface area contributed by atoms with Gasteiger partial charge in [-0.25, -0.2) is 23.1 Å². The molecule has 5 heterocycles. The Morgan fingerprint density at radius 2 is 2.17 bits per heavy atom. The maximum Gasteiger partial charge on any atom is 0.410 e. The summed E-state index contributed by atoms with van der Waals surface area (Å²) in [5, 5.41) is 7.39. The van der Waals surface area contributed by atoms with E-state index in [2.05, 4.69) is 20.3 Å². The van der Waals surface area contributed by atoms with Crippen molar-refractivity contribution in [1.82, 2.24) is 24.8 Å². The number of aromatic nitrogens is 3. The Hall–Kier alpha value is -3.74. The minimum Gasteiger partial charge on any atom is -0.453 e. The van der Waals surface area contributed by atoms with Crippen LogP contribution in [0.3, 0.4) is 0 Å². The summed E-state index contributed by atoms with van der Waals surface area (Å²) in [6.07, 6.45) is 1.92. The van der Waals surface area contributed by atoms with Gasteiger partial charge >= 0.3 is 6.09 Å². The average molecular weight is 518 g/mol. The minimum absolute atomic E-state index is 0.124. The Balaban J connectivity index is 1.38. The Morgan fingerprint density at radius 3 is 2.92 bits per heavy atom. The van der Waals surface area contributed by atoms with Crippen LogP contribution in [-0.4, -0.2) is 70.8 Å². The van der Waals surface area contributed by atoms with Crippen molar-refractivity contribution in [2.45, 2.75) is 25.3 Å². The third kappa shape index (κ3) is 4.45. The molecule has 5 rings (SSSR count). The van der Waals surface area contributed by atoms with Crippen LogP contribution in [0.25, 0.3) is 11.1 Å². The molecule has 0 bridgehead atoms. The lowest BCUT2D eigenvalue weighted by Crippen LogP contribution is -2.47. The van der Waals surface area contributed by atoms with E-state index in [0.717, 1.165) is 47.7 Å². The van der Waals surface area contributed by atoms with Gasteiger partial charge in [0.1, 0.15) is 11.8 Å². The Bertz CT molecular complexity index is 1340. The molecule has 0 radical (unpaired) electrons. The zero-order valence-corrected chi connectivity index (χ0v) is 20.3. The summed E-state index contributed by atoms with van der Waals surface area (Å²) in [5.74, 6) is -0.0398. The molecule has 10 nitrogen and oxygen atoms in total. The van der Waals surface area contributed by atoms with Gasteiger partial charge in [0.25, 0.3) is 12.3 Å². The fourth-order valence-corrected chi connectivity index (χ4v) is 5.46. The number of piperidine rings is 1. The molecule has 1 saturated heterocycles. The van der Waals surface area contributed by atoms with Crippen LogP contribution < -0.4 is 16.0 Å². The van der Waals surface area contributed by atoms with Gasteiger partial charge in [-0.2, -0.15) is 5.10 Å². The average Bonchev–Trinajstić information content (AvgIpc) is 3.62. The lowest BCUT2D eigenvalue weighted by atomic mass is 10.0. The second kappa shape index (κ2) is 9.72. The van der Waals surface area contributed by atoms with Gasteiger partial charge in [0.05, 0.1) is 34.8 Å². The number of nitrogens with zero attached hydrogens (tertiary/aromatic N) is 5. The number of hydrogen-bond donors (Lipinski definition) is 2. The van der Waals surface area contributed by atoms with Crippen LogP contribution in [0.4, 0.5) is 25.1 Å². The zero-order valence-electron chi connectivity index (χ0n) is 19.5. The van der Waals surface area contributed by atoms with Gasteiger partial charge in [-0.05, 0) is 36.6 Å². The van der Waals surface area contributed by atoms with Gasteiger partial charge in [0, 0.05) is 25.7 Å². The standard InChI is InChI=1S/C23H25F2N7O3S/c1-35-23(34)31-8-6-13(10-31)15-9-16(19-21(26)27-12-28-32(15)19)30-7-2-3-14(11-30)29-22(33)18-5-4-17(36-18)20(24)25/h4-6,9,12,14,20H,2-3,7-8,10-11H2,1H3,(H,29,33)(H2,26,27,28)/t14-/m1/s1. The number of methoxy groups -OCH3 is 1. The van der Waals surface area contributed by atoms with Crippen LogP contribution in [0.1, 0.15) is 39.5 Å². The quantitative estimate of drug-likeness (QED) is 0.534. The van der Waals surface area contributed by atoms with Crippen molar-refractivity contribution < 1.29 is 23.1 Å². The van der Waals surface area contributed by atoms with E-state index in [4.69, 9.17) is 10.5 Å².